The number of fused-ring (bicyclic) bond motifs is 3. The maximum atomic E-state index is 9.03. The smallest absolute Gasteiger partial charge is 0.136 e. The molecule has 4 aromatic carbocycles. The lowest BCUT2D eigenvalue weighted by Gasteiger charge is -2.11. The van der Waals surface area contributed by atoms with Crippen LogP contribution in [0.2, 0.25) is 0 Å². The molecular weight excluding hydrogens is 464 g/mol. The number of furan rings is 1. The minimum Gasteiger partial charge on any atom is -0.456 e. The second kappa shape index (κ2) is 10.6. The van der Waals surface area contributed by atoms with Crippen molar-refractivity contribution in [1.82, 2.24) is 0 Å². The van der Waals surface area contributed by atoms with Crippen molar-refractivity contribution in [3.63, 3.8) is 0 Å². The third kappa shape index (κ3) is 4.50. The molecule has 0 aliphatic rings. The monoisotopic (exact) mass is 492 g/mol. The first-order valence-electron chi connectivity index (χ1n) is 12.5. The molecule has 0 aliphatic carbocycles. The van der Waals surface area contributed by atoms with E-state index in [0.29, 0.717) is 0 Å². The van der Waals surface area contributed by atoms with Gasteiger partial charge in [0.05, 0.1) is 6.07 Å². The third-order valence-electron chi connectivity index (χ3n) is 6.74. The van der Waals surface area contributed by atoms with Gasteiger partial charge in [0.25, 0.3) is 0 Å². The van der Waals surface area contributed by atoms with Gasteiger partial charge in [0.15, 0.2) is 0 Å². The fourth-order valence-corrected chi connectivity index (χ4v) is 4.95. The van der Waals surface area contributed by atoms with Crippen LogP contribution in [0, 0.1) is 11.3 Å². The van der Waals surface area contributed by atoms with Crippen LogP contribution in [-0.4, -0.2) is 6.04 Å². The highest BCUT2D eigenvalue weighted by atomic mass is 16.3. The van der Waals surface area contributed by atoms with Crippen LogP contribution in [0.1, 0.15) is 23.6 Å². The minimum absolute atomic E-state index is 0.672. The molecule has 3 heteroatoms. The summed E-state index contributed by atoms with van der Waals surface area (Å²) in [6.45, 7) is 10.0. The Labute approximate surface area is 223 Å². The van der Waals surface area contributed by atoms with Crippen molar-refractivity contribution in [3.8, 4) is 28.3 Å². The van der Waals surface area contributed by atoms with Crippen molar-refractivity contribution >= 4 is 39.7 Å². The van der Waals surface area contributed by atoms with Crippen molar-refractivity contribution in [1.29, 1.82) is 5.26 Å². The quantitative estimate of drug-likeness (QED) is 0.231. The Morgan fingerprint density at radius 3 is 2.29 bits per heavy atom. The number of nitrogens with two attached hydrogens (primary N) is 1. The van der Waals surface area contributed by atoms with Gasteiger partial charge in [0, 0.05) is 10.8 Å². The summed E-state index contributed by atoms with van der Waals surface area (Å²) in [6, 6.07) is 28.3. The Kier molecular flexibility index (Phi) is 6.91. The second-order valence-electron chi connectivity index (χ2n) is 9.07. The van der Waals surface area contributed by atoms with Crippen LogP contribution in [0.4, 0.5) is 0 Å². The van der Waals surface area contributed by atoms with Gasteiger partial charge in [-0.2, -0.15) is 5.26 Å². The molecule has 3 nitrogen and oxygen atoms in total. The van der Waals surface area contributed by atoms with E-state index in [1.54, 1.807) is 12.2 Å². The predicted octanol–water partition coefficient (Wildman–Crippen LogP) is 9.02. The van der Waals surface area contributed by atoms with Crippen LogP contribution in [0.5, 0.6) is 0 Å². The summed E-state index contributed by atoms with van der Waals surface area (Å²) >= 11 is 0. The van der Waals surface area contributed by atoms with Crippen molar-refractivity contribution in [2.45, 2.75) is 13.0 Å². The summed E-state index contributed by atoms with van der Waals surface area (Å²) in [4.78, 5) is 0. The van der Waals surface area contributed by atoms with Crippen LogP contribution in [-0.2, 0) is 0 Å². The maximum Gasteiger partial charge on any atom is 0.136 e. The standard InChI is InChI=1S/C35H28N2O/c1-4-10-30-29(6-3)35-31-18-17-27(25-15-13-24(14-16-25)23(5-2)19-28(37)22-36)20-33(31)38-34(35)21-32(30)26-11-8-7-9-12-26/h4-21,28H,2-3,37H2,1H3/b10-4-,23-19+. The lowest BCUT2D eigenvalue weighted by atomic mass is 9.91. The van der Waals surface area contributed by atoms with Gasteiger partial charge >= 0.3 is 0 Å². The number of benzene rings is 4. The topological polar surface area (TPSA) is 63.0 Å². The second-order valence-corrected chi connectivity index (χ2v) is 9.07. The van der Waals surface area contributed by atoms with E-state index in [0.717, 1.165) is 66.5 Å². The van der Waals surface area contributed by atoms with Crippen molar-refractivity contribution in [2.24, 2.45) is 5.73 Å². The molecule has 5 aromatic rings. The molecule has 0 saturated heterocycles. The number of rotatable bonds is 7. The van der Waals surface area contributed by atoms with Crippen LogP contribution >= 0.6 is 0 Å². The minimum atomic E-state index is -0.672. The molecule has 1 unspecified atom stereocenters. The number of allylic oxidation sites excluding steroid dienone is 3. The molecule has 1 atom stereocenters. The first kappa shape index (κ1) is 24.8. The zero-order valence-corrected chi connectivity index (χ0v) is 21.3. The highest BCUT2D eigenvalue weighted by Crippen LogP contribution is 2.40. The van der Waals surface area contributed by atoms with Gasteiger partial charge in [-0.15, -0.1) is 0 Å². The Bertz CT molecular complexity index is 1760. The molecule has 0 saturated carbocycles. The van der Waals surface area contributed by atoms with Gasteiger partial charge in [-0.1, -0.05) is 98.1 Å². The normalized spacial score (nSPS) is 12.6. The third-order valence-corrected chi connectivity index (χ3v) is 6.74. The van der Waals surface area contributed by atoms with Crippen molar-refractivity contribution in [2.75, 3.05) is 0 Å². The van der Waals surface area contributed by atoms with E-state index < -0.39 is 6.04 Å². The largest absolute Gasteiger partial charge is 0.456 e. The molecule has 0 radical (unpaired) electrons. The number of hydrogen-bond acceptors (Lipinski definition) is 3. The van der Waals surface area contributed by atoms with Gasteiger partial charge in [-0.3, -0.25) is 0 Å². The summed E-state index contributed by atoms with van der Waals surface area (Å²) in [5.41, 5.74) is 15.8. The Morgan fingerprint density at radius 2 is 1.63 bits per heavy atom. The zero-order valence-electron chi connectivity index (χ0n) is 21.3. The molecule has 0 aliphatic heterocycles. The summed E-state index contributed by atoms with van der Waals surface area (Å²) in [7, 11) is 0. The van der Waals surface area contributed by atoms with Gasteiger partial charge in [-0.05, 0) is 75.7 Å². The predicted molar refractivity (Wildman–Crippen MR) is 161 cm³/mol. The molecule has 0 amide bonds. The van der Waals surface area contributed by atoms with Crippen LogP contribution in [0.3, 0.4) is 0 Å². The molecule has 1 heterocycles. The Hall–Kier alpha value is -4.91. The number of nitrogens with zero attached hydrogens (tertiary/aromatic N) is 1. The first-order valence-corrected chi connectivity index (χ1v) is 12.5. The lowest BCUT2D eigenvalue weighted by molar-refractivity contribution is 0.669. The summed E-state index contributed by atoms with van der Waals surface area (Å²) in [6.07, 6.45) is 9.56. The van der Waals surface area contributed by atoms with Gasteiger partial charge in [-0.25, -0.2) is 0 Å². The highest BCUT2D eigenvalue weighted by Gasteiger charge is 2.17. The van der Waals surface area contributed by atoms with Gasteiger partial charge in [0.1, 0.15) is 17.2 Å². The Balaban J connectivity index is 1.63. The highest BCUT2D eigenvalue weighted by molar-refractivity contribution is 6.12. The Morgan fingerprint density at radius 1 is 0.895 bits per heavy atom. The lowest BCUT2D eigenvalue weighted by Crippen LogP contribution is -2.13. The van der Waals surface area contributed by atoms with E-state index in [4.69, 9.17) is 15.4 Å². The average molecular weight is 493 g/mol. The molecule has 0 spiro atoms. The molecular formula is C35H28N2O. The summed E-state index contributed by atoms with van der Waals surface area (Å²) in [5.74, 6) is 0. The van der Waals surface area contributed by atoms with Gasteiger partial charge < -0.3 is 10.2 Å². The van der Waals surface area contributed by atoms with E-state index in [1.807, 2.05) is 37.3 Å². The first-order chi connectivity index (χ1) is 18.6. The van der Waals surface area contributed by atoms with Crippen molar-refractivity contribution < 1.29 is 4.42 Å². The number of nitriles is 1. The summed E-state index contributed by atoms with van der Waals surface area (Å²) < 4.78 is 6.45. The van der Waals surface area contributed by atoms with Crippen LogP contribution in [0.25, 0.3) is 61.9 Å². The maximum absolute atomic E-state index is 9.03. The molecule has 2 N–H and O–H groups in total. The van der Waals surface area contributed by atoms with Crippen molar-refractivity contribution in [3.05, 3.63) is 127 Å². The fourth-order valence-electron chi connectivity index (χ4n) is 4.95. The summed E-state index contributed by atoms with van der Waals surface area (Å²) in [5, 5.41) is 11.2. The van der Waals surface area contributed by atoms with Gasteiger partial charge in [0.2, 0.25) is 0 Å². The molecule has 38 heavy (non-hydrogen) atoms. The van der Waals surface area contributed by atoms with Crippen LogP contribution < -0.4 is 5.73 Å². The van der Waals surface area contributed by atoms with Crippen LogP contribution in [0.15, 0.2) is 115 Å². The fraction of sp³-hybridized carbons (Fsp3) is 0.0571. The molecule has 184 valence electrons. The van der Waals surface area contributed by atoms with E-state index in [9.17, 15) is 0 Å². The average Bonchev–Trinajstić information content (AvgIpc) is 3.33. The van der Waals surface area contributed by atoms with E-state index in [-0.39, 0.29) is 0 Å². The van der Waals surface area contributed by atoms with E-state index in [1.165, 1.54) is 0 Å². The van der Waals surface area contributed by atoms with E-state index in [2.05, 4.69) is 86.0 Å². The zero-order chi connectivity index (χ0) is 26.6. The molecule has 0 bridgehead atoms. The molecule has 5 rings (SSSR count). The molecule has 0 fully saturated rings. The molecule has 1 aromatic heterocycles. The SMILES string of the molecule is C=C/C(=C\C(N)C#N)c1ccc(-c2ccc3c(c2)oc2cc(-c4ccccc4)c(/C=C\C)c(C=C)c23)cc1. The number of hydrogen-bond donors (Lipinski definition) is 1. The van der Waals surface area contributed by atoms with E-state index >= 15 is 0 Å².